The monoisotopic (exact) mass is 635 g/mol. The lowest BCUT2D eigenvalue weighted by Crippen LogP contribution is -2.54. The van der Waals surface area contributed by atoms with Crippen LogP contribution in [0.25, 0.3) is 0 Å². The fourth-order valence-corrected chi connectivity index (χ4v) is 5.67. The van der Waals surface area contributed by atoms with Gasteiger partial charge < -0.3 is 19.7 Å². The number of halogens is 2. The lowest BCUT2D eigenvalue weighted by Gasteiger charge is -2.34. The standard InChI is InChI=1S/C30H35Cl2N3O6S/c1-20(2)33-30(37)27(15-21-9-7-6-8-10-21)34(18-22-11-12-23(31)16-25(22)32)29(36)19-35(42(5,38)39)26-17-24(40-3)13-14-28(26)41-4/h6-14,16-17,20,27H,15,18-19H2,1-5H3,(H,33,37). The average molecular weight is 637 g/mol. The fourth-order valence-electron chi connectivity index (χ4n) is 4.35. The van der Waals surface area contributed by atoms with E-state index in [-0.39, 0.29) is 30.4 Å². The molecule has 0 aliphatic rings. The minimum atomic E-state index is -4.01. The van der Waals surface area contributed by atoms with Crippen molar-refractivity contribution in [3.8, 4) is 11.5 Å². The minimum Gasteiger partial charge on any atom is -0.497 e. The number of methoxy groups -OCH3 is 2. The Morgan fingerprint density at radius 2 is 1.64 bits per heavy atom. The molecule has 0 aromatic heterocycles. The van der Waals surface area contributed by atoms with Crippen LogP contribution in [0.2, 0.25) is 10.0 Å². The van der Waals surface area contributed by atoms with Gasteiger partial charge in [-0.15, -0.1) is 0 Å². The molecule has 0 aliphatic carbocycles. The highest BCUT2D eigenvalue weighted by Crippen LogP contribution is 2.34. The Morgan fingerprint density at radius 1 is 0.952 bits per heavy atom. The van der Waals surface area contributed by atoms with Crippen LogP contribution in [0.1, 0.15) is 25.0 Å². The molecule has 3 aromatic carbocycles. The SMILES string of the molecule is COc1ccc(OC)c(N(CC(=O)N(Cc2ccc(Cl)cc2Cl)C(Cc2ccccc2)C(=O)NC(C)C)S(C)(=O)=O)c1. The normalized spacial score (nSPS) is 12.0. The van der Waals surface area contributed by atoms with Crippen molar-refractivity contribution >= 4 is 50.7 Å². The summed E-state index contributed by atoms with van der Waals surface area (Å²) in [5.41, 5.74) is 1.47. The number of ether oxygens (including phenoxy) is 2. The predicted molar refractivity (Wildman–Crippen MR) is 166 cm³/mol. The van der Waals surface area contributed by atoms with Crippen molar-refractivity contribution in [1.82, 2.24) is 10.2 Å². The number of hydrogen-bond donors (Lipinski definition) is 1. The van der Waals surface area contributed by atoms with Gasteiger partial charge in [0.25, 0.3) is 0 Å². The zero-order chi connectivity index (χ0) is 31.0. The smallest absolute Gasteiger partial charge is 0.244 e. The molecule has 0 fully saturated rings. The number of benzene rings is 3. The zero-order valence-corrected chi connectivity index (χ0v) is 26.5. The summed E-state index contributed by atoms with van der Waals surface area (Å²) in [5.74, 6) is -0.428. The van der Waals surface area contributed by atoms with E-state index < -0.39 is 34.4 Å². The van der Waals surface area contributed by atoms with Crippen molar-refractivity contribution in [2.75, 3.05) is 31.3 Å². The molecule has 12 heteroatoms. The van der Waals surface area contributed by atoms with Crippen molar-refractivity contribution in [3.05, 3.63) is 87.9 Å². The zero-order valence-electron chi connectivity index (χ0n) is 24.1. The summed E-state index contributed by atoms with van der Waals surface area (Å²) in [6.07, 6.45) is 1.17. The summed E-state index contributed by atoms with van der Waals surface area (Å²) in [6.45, 7) is 2.94. The molecule has 0 heterocycles. The number of sulfonamides is 1. The highest BCUT2D eigenvalue weighted by atomic mass is 35.5. The number of nitrogens with one attached hydrogen (secondary N) is 1. The van der Waals surface area contributed by atoms with Crippen molar-refractivity contribution < 1.29 is 27.5 Å². The van der Waals surface area contributed by atoms with Gasteiger partial charge in [0.1, 0.15) is 24.1 Å². The molecule has 3 rings (SSSR count). The summed E-state index contributed by atoms with van der Waals surface area (Å²) in [5, 5.41) is 3.61. The van der Waals surface area contributed by atoms with Crippen molar-refractivity contribution in [3.63, 3.8) is 0 Å². The highest BCUT2D eigenvalue weighted by molar-refractivity contribution is 7.92. The first kappa shape index (κ1) is 33.0. The van der Waals surface area contributed by atoms with Crippen LogP contribution in [0.15, 0.2) is 66.7 Å². The molecule has 0 aliphatic heterocycles. The van der Waals surface area contributed by atoms with Crippen molar-refractivity contribution in [2.45, 2.75) is 38.9 Å². The maximum Gasteiger partial charge on any atom is 0.244 e. The van der Waals surface area contributed by atoms with E-state index in [4.69, 9.17) is 32.7 Å². The highest BCUT2D eigenvalue weighted by Gasteiger charge is 2.34. The van der Waals surface area contributed by atoms with Crippen molar-refractivity contribution in [1.29, 1.82) is 0 Å². The van der Waals surface area contributed by atoms with Gasteiger partial charge in [0.15, 0.2) is 0 Å². The fraction of sp³-hybridized carbons (Fsp3) is 0.333. The van der Waals surface area contributed by atoms with Gasteiger partial charge in [-0.25, -0.2) is 8.42 Å². The average Bonchev–Trinajstić information content (AvgIpc) is 2.93. The molecule has 1 atom stereocenters. The second kappa shape index (κ2) is 14.6. The maximum absolute atomic E-state index is 14.2. The molecular weight excluding hydrogens is 601 g/mol. The van der Waals surface area contributed by atoms with Gasteiger partial charge in [-0.1, -0.05) is 59.6 Å². The quantitative estimate of drug-likeness (QED) is 0.285. The molecule has 3 aromatic rings. The lowest BCUT2D eigenvalue weighted by atomic mass is 10.0. The Balaban J connectivity index is 2.14. The largest absolute Gasteiger partial charge is 0.497 e. The van der Waals surface area contributed by atoms with E-state index in [9.17, 15) is 18.0 Å². The van der Waals surface area contributed by atoms with Gasteiger partial charge in [-0.3, -0.25) is 13.9 Å². The van der Waals surface area contributed by atoms with E-state index in [0.717, 1.165) is 16.1 Å². The van der Waals surface area contributed by atoms with Crippen LogP contribution in [0.4, 0.5) is 5.69 Å². The van der Waals surface area contributed by atoms with Crippen LogP contribution < -0.4 is 19.1 Å². The van der Waals surface area contributed by atoms with Crippen molar-refractivity contribution in [2.24, 2.45) is 0 Å². The number of carbonyl (C=O) groups excluding carboxylic acids is 2. The third-order valence-electron chi connectivity index (χ3n) is 6.39. The molecule has 0 spiro atoms. The molecule has 1 N–H and O–H groups in total. The van der Waals surface area contributed by atoms with Crippen LogP contribution in [0, 0.1) is 0 Å². The van der Waals surface area contributed by atoms with E-state index >= 15 is 0 Å². The van der Waals surface area contributed by atoms with Crippen LogP contribution in [0.3, 0.4) is 0 Å². The summed E-state index contributed by atoms with van der Waals surface area (Å²) in [4.78, 5) is 29.2. The number of nitrogens with zero attached hydrogens (tertiary/aromatic N) is 2. The summed E-state index contributed by atoms with van der Waals surface area (Å²) in [6, 6.07) is 17.5. The number of amides is 2. The topological polar surface area (TPSA) is 105 Å². The summed E-state index contributed by atoms with van der Waals surface area (Å²) >= 11 is 12.6. The predicted octanol–water partition coefficient (Wildman–Crippen LogP) is 4.94. The van der Waals surface area contributed by atoms with E-state index in [1.807, 2.05) is 44.2 Å². The van der Waals surface area contributed by atoms with E-state index in [0.29, 0.717) is 21.4 Å². The van der Waals surface area contributed by atoms with Gasteiger partial charge in [-0.2, -0.15) is 0 Å². The van der Waals surface area contributed by atoms with Crippen LogP contribution in [0.5, 0.6) is 11.5 Å². The first-order chi connectivity index (χ1) is 19.8. The van der Waals surface area contributed by atoms with Gasteiger partial charge in [0, 0.05) is 35.1 Å². The second-order valence-corrected chi connectivity index (χ2v) is 12.7. The Kier molecular flexibility index (Phi) is 11.5. The molecule has 226 valence electrons. The molecule has 2 amide bonds. The Labute approximate surface area is 257 Å². The van der Waals surface area contributed by atoms with Crippen LogP contribution >= 0.6 is 23.2 Å². The molecule has 0 bridgehead atoms. The third kappa shape index (κ3) is 8.77. The Hall–Kier alpha value is -3.47. The van der Waals surface area contributed by atoms with Gasteiger partial charge in [0.05, 0.1) is 26.2 Å². The lowest BCUT2D eigenvalue weighted by molar-refractivity contribution is -0.140. The number of hydrogen-bond acceptors (Lipinski definition) is 6. The molecule has 0 radical (unpaired) electrons. The molecule has 0 saturated heterocycles. The van der Waals surface area contributed by atoms with E-state index in [2.05, 4.69) is 5.32 Å². The minimum absolute atomic E-state index is 0.0787. The first-order valence-electron chi connectivity index (χ1n) is 13.1. The van der Waals surface area contributed by atoms with E-state index in [1.165, 1.54) is 25.2 Å². The maximum atomic E-state index is 14.2. The van der Waals surface area contributed by atoms with E-state index in [1.54, 1.807) is 30.3 Å². The van der Waals surface area contributed by atoms with Gasteiger partial charge in [0.2, 0.25) is 21.8 Å². The van der Waals surface area contributed by atoms with Crippen LogP contribution in [-0.2, 0) is 32.6 Å². The molecular formula is C30H35Cl2N3O6S. The molecule has 42 heavy (non-hydrogen) atoms. The number of carbonyl (C=O) groups is 2. The van der Waals surface area contributed by atoms with Gasteiger partial charge >= 0.3 is 0 Å². The molecule has 1 unspecified atom stereocenters. The Bertz CT molecular complexity index is 1500. The first-order valence-corrected chi connectivity index (χ1v) is 15.7. The second-order valence-electron chi connectivity index (χ2n) is 9.93. The Morgan fingerprint density at radius 3 is 2.21 bits per heavy atom. The van der Waals surface area contributed by atoms with Gasteiger partial charge in [-0.05, 0) is 49.2 Å². The third-order valence-corrected chi connectivity index (χ3v) is 8.11. The molecule has 0 saturated carbocycles. The summed E-state index contributed by atoms with van der Waals surface area (Å²) in [7, 11) is -1.17. The number of rotatable bonds is 13. The van der Waals surface area contributed by atoms with Crippen LogP contribution in [-0.4, -0.2) is 64.2 Å². The summed E-state index contributed by atoms with van der Waals surface area (Å²) < 4.78 is 37.8. The number of anilines is 1. The molecule has 9 nitrogen and oxygen atoms in total.